The number of fused-ring (bicyclic) bond motifs is 1. The van der Waals surface area contributed by atoms with Crippen LogP contribution < -0.4 is 4.90 Å². The van der Waals surface area contributed by atoms with Crippen molar-refractivity contribution < 1.29 is 0 Å². The third kappa shape index (κ3) is 4.70. The molecule has 0 radical (unpaired) electrons. The molecule has 0 saturated heterocycles. The van der Waals surface area contributed by atoms with Gasteiger partial charge in [-0.1, -0.05) is 61.6 Å². The Kier molecular flexibility index (Phi) is 7.02. The van der Waals surface area contributed by atoms with Gasteiger partial charge < -0.3 is 9.80 Å². The molecule has 0 bridgehead atoms. The van der Waals surface area contributed by atoms with E-state index < -0.39 is 0 Å². The molecule has 4 aliphatic carbocycles. The summed E-state index contributed by atoms with van der Waals surface area (Å²) in [5.74, 6) is 0.439. The van der Waals surface area contributed by atoms with Crippen molar-refractivity contribution in [1.82, 2.24) is 4.90 Å². The quantitative estimate of drug-likeness (QED) is 0.369. The van der Waals surface area contributed by atoms with Gasteiger partial charge in [0.25, 0.3) is 0 Å². The van der Waals surface area contributed by atoms with Crippen LogP contribution in [0.1, 0.15) is 64.7 Å². The highest BCUT2D eigenvalue weighted by Crippen LogP contribution is 2.46. The predicted molar refractivity (Wildman–Crippen MR) is 166 cm³/mol. The number of nitrogens with zero attached hydrogens (tertiary/aromatic N) is 4. The molecule has 4 nitrogen and oxygen atoms in total. The molecule has 7 rings (SSSR count). The minimum absolute atomic E-state index is 0.239. The van der Waals surface area contributed by atoms with Crippen molar-refractivity contribution in [2.24, 2.45) is 10.9 Å². The molecular formula is C37H38N4. The van der Waals surface area contributed by atoms with Crippen LogP contribution in [0.4, 0.5) is 5.69 Å². The minimum atomic E-state index is -0.239. The van der Waals surface area contributed by atoms with Crippen molar-refractivity contribution in [3.05, 3.63) is 113 Å². The van der Waals surface area contributed by atoms with E-state index in [0.717, 1.165) is 56.2 Å². The van der Waals surface area contributed by atoms with Crippen LogP contribution in [0.15, 0.2) is 105 Å². The first-order valence-electron chi connectivity index (χ1n) is 15.5. The molecular weight excluding hydrogens is 500 g/mol. The lowest BCUT2D eigenvalue weighted by molar-refractivity contribution is 0.129. The molecule has 1 aromatic rings. The third-order valence-corrected chi connectivity index (χ3v) is 9.76. The van der Waals surface area contributed by atoms with Gasteiger partial charge in [0.1, 0.15) is 6.04 Å². The minimum Gasteiger partial charge on any atom is -0.358 e. The molecule has 0 fully saturated rings. The molecule has 0 amide bonds. The number of allylic oxidation sites excluding steroid dienone is 10. The second kappa shape index (κ2) is 11.1. The maximum atomic E-state index is 9.23. The molecule has 0 spiro atoms. The summed E-state index contributed by atoms with van der Waals surface area (Å²) in [5, 5.41) is 9.23. The average molecular weight is 539 g/mol. The van der Waals surface area contributed by atoms with E-state index in [-0.39, 0.29) is 6.04 Å². The Bertz CT molecular complexity index is 1470. The highest BCUT2D eigenvalue weighted by Gasteiger charge is 2.45. The van der Waals surface area contributed by atoms with Crippen molar-refractivity contribution >= 4 is 11.9 Å². The fourth-order valence-corrected chi connectivity index (χ4v) is 7.84. The van der Waals surface area contributed by atoms with Crippen molar-refractivity contribution in [3.63, 3.8) is 0 Å². The smallest absolute Gasteiger partial charge is 0.140 e. The Balaban J connectivity index is 1.22. The number of hydrogen-bond donors (Lipinski definition) is 0. The van der Waals surface area contributed by atoms with E-state index in [1.807, 2.05) is 12.3 Å². The summed E-state index contributed by atoms with van der Waals surface area (Å²) in [6.45, 7) is 2.47. The molecule has 1 aromatic carbocycles. The highest BCUT2D eigenvalue weighted by molar-refractivity contribution is 5.87. The van der Waals surface area contributed by atoms with Crippen LogP contribution >= 0.6 is 0 Å². The molecule has 5 atom stereocenters. The number of nitriles is 1. The first-order chi connectivity index (χ1) is 20.2. The normalized spacial score (nSPS) is 30.8. The summed E-state index contributed by atoms with van der Waals surface area (Å²) in [6.07, 6.45) is 30.7. The van der Waals surface area contributed by atoms with Gasteiger partial charge in [-0.15, -0.1) is 0 Å². The van der Waals surface area contributed by atoms with Gasteiger partial charge in [-0.3, -0.25) is 4.99 Å². The largest absolute Gasteiger partial charge is 0.358 e. The second-order valence-corrected chi connectivity index (χ2v) is 12.1. The van der Waals surface area contributed by atoms with Gasteiger partial charge in [0, 0.05) is 30.3 Å². The molecule has 41 heavy (non-hydrogen) atoms. The van der Waals surface area contributed by atoms with Crippen LogP contribution in [0.2, 0.25) is 0 Å². The van der Waals surface area contributed by atoms with E-state index in [2.05, 4.69) is 101 Å². The summed E-state index contributed by atoms with van der Waals surface area (Å²) in [4.78, 5) is 9.90. The summed E-state index contributed by atoms with van der Waals surface area (Å²) in [7, 11) is 0. The Labute approximate surface area is 245 Å². The fraction of sp³-hybridized carbons (Fsp3) is 0.405. The zero-order valence-corrected chi connectivity index (χ0v) is 24.0. The summed E-state index contributed by atoms with van der Waals surface area (Å²) >= 11 is 0. The molecule has 0 N–H and O–H groups in total. The number of aliphatic imine (C=N–C) groups is 1. The van der Waals surface area contributed by atoms with Crippen molar-refractivity contribution in [3.8, 4) is 6.07 Å². The Morgan fingerprint density at radius 2 is 1.93 bits per heavy atom. The summed E-state index contributed by atoms with van der Waals surface area (Å²) in [5.41, 5.74) is 9.47. The van der Waals surface area contributed by atoms with Gasteiger partial charge in [0.05, 0.1) is 29.5 Å². The van der Waals surface area contributed by atoms with Crippen LogP contribution in [0.5, 0.6) is 0 Å². The monoisotopic (exact) mass is 538 g/mol. The maximum Gasteiger partial charge on any atom is 0.140 e. The average Bonchev–Trinajstić information content (AvgIpc) is 3.04. The van der Waals surface area contributed by atoms with Crippen LogP contribution in [-0.2, 0) is 0 Å². The molecule has 0 saturated carbocycles. The molecule has 4 heteroatoms. The van der Waals surface area contributed by atoms with Crippen LogP contribution in [0, 0.1) is 29.4 Å². The first kappa shape index (κ1) is 25.9. The van der Waals surface area contributed by atoms with Crippen LogP contribution in [-0.4, -0.2) is 35.3 Å². The van der Waals surface area contributed by atoms with Gasteiger partial charge in [-0.2, -0.15) is 5.26 Å². The molecule has 206 valence electrons. The molecule has 2 heterocycles. The van der Waals surface area contributed by atoms with Gasteiger partial charge in [0.15, 0.2) is 0 Å². The maximum absolute atomic E-state index is 9.23. The zero-order valence-electron chi connectivity index (χ0n) is 24.0. The number of hydrogen-bond acceptors (Lipinski definition) is 4. The Morgan fingerprint density at radius 1 is 1.00 bits per heavy atom. The van der Waals surface area contributed by atoms with E-state index in [1.165, 1.54) is 34.5 Å². The first-order valence-corrected chi connectivity index (χ1v) is 15.5. The SMILES string of the molecule is CC1C(C2=CC(C3=CCC(C#N)N=C3)=CCC2)=CCCC1N1C2=C(CCC=C2)N(c2c#cccc2)C2CCC=CC21. The van der Waals surface area contributed by atoms with Gasteiger partial charge in [0.2, 0.25) is 0 Å². The van der Waals surface area contributed by atoms with E-state index >= 15 is 0 Å². The van der Waals surface area contributed by atoms with Crippen molar-refractivity contribution in [1.29, 1.82) is 5.26 Å². The molecule has 0 aromatic heterocycles. The lowest BCUT2D eigenvalue weighted by Gasteiger charge is -2.55. The lowest BCUT2D eigenvalue weighted by Crippen LogP contribution is -2.60. The van der Waals surface area contributed by atoms with Crippen LogP contribution in [0.3, 0.4) is 0 Å². The third-order valence-electron chi connectivity index (χ3n) is 9.76. The zero-order chi connectivity index (χ0) is 27.8. The van der Waals surface area contributed by atoms with Gasteiger partial charge >= 0.3 is 0 Å². The Hall–Kier alpha value is -4.02. The molecule has 2 aliphatic heterocycles. The van der Waals surface area contributed by atoms with E-state index in [0.29, 0.717) is 30.5 Å². The fourth-order valence-electron chi connectivity index (χ4n) is 7.84. The standard InChI is InChI=1S/C37H38N4/c1-26-32(28-12-9-11-27(23-28)29-21-22-30(24-38)39-25-29)15-10-20-33(26)41-36-18-7-5-16-34(36)40(31-13-3-2-4-14-31)35-17-6-8-19-37(35)41/h2-3,7-8,11,13,15,18-19,21,23,25-26,30,33-34,36H,5-6,9-10,12,16-17,20,22H2,1H3. The highest BCUT2D eigenvalue weighted by atomic mass is 15.3. The van der Waals surface area contributed by atoms with E-state index in [1.54, 1.807) is 0 Å². The summed E-state index contributed by atoms with van der Waals surface area (Å²) in [6, 6.07) is 16.2. The summed E-state index contributed by atoms with van der Waals surface area (Å²) < 4.78 is 0. The van der Waals surface area contributed by atoms with Crippen molar-refractivity contribution in [2.75, 3.05) is 4.90 Å². The number of rotatable bonds is 4. The van der Waals surface area contributed by atoms with E-state index in [9.17, 15) is 5.26 Å². The van der Waals surface area contributed by atoms with Crippen LogP contribution in [0.25, 0.3) is 0 Å². The molecule has 5 unspecified atom stereocenters. The number of anilines is 1. The second-order valence-electron chi connectivity index (χ2n) is 12.1. The Morgan fingerprint density at radius 3 is 2.76 bits per heavy atom. The van der Waals surface area contributed by atoms with E-state index in [4.69, 9.17) is 0 Å². The van der Waals surface area contributed by atoms with Crippen molar-refractivity contribution in [2.45, 2.75) is 88.9 Å². The molecule has 6 aliphatic rings. The van der Waals surface area contributed by atoms with Gasteiger partial charge in [-0.25, -0.2) is 0 Å². The van der Waals surface area contributed by atoms with Gasteiger partial charge in [-0.05, 0) is 97.9 Å². The predicted octanol–water partition coefficient (Wildman–Crippen LogP) is 7.72. The number of dihydropyridines is 1. The lowest BCUT2D eigenvalue weighted by atomic mass is 9.75. The topological polar surface area (TPSA) is 42.6 Å².